The molecule has 25 heavy (non-hydrogen) atoms. The summed E-state index contributed by atoms with van der Waals surface area (Å²) in [6.07, 6.45) is 0. The standard InChI is InChI=1S/C20H23FN2O2/c1-4-23(14-15-10-6-5-7-11-15)19(25)20(2,3)18(24)22-17-13-9-8-12-16(17)21/h5-13H,4,14H2,1-3H3,(H,22,24). The first-order valence-electron chi connectivity index (χ1n) is 8.25. The normalized spacial score (nSPS) is 11.0. The highest BCUT2D eigenvalue weighted by atomic mass is 19.1. The molecule has 0 fully saturated rings. The Balaban J connectivity index is 2.14. The Labute approximate surface area is 147 Å². The number of carbonyl (C=O) groups excluding carboxylic acids is 2. The number of hydrogen-bond donors (Lipinski definition) is 1. The minimum Gasteiger partial charge on any atom is -0.338 e. The van der Waals surface area contributed by atoms with Gasteiger partial charge in [-0.25, -0.2) is 4.39 Å². The fourth-order valence-electron chi connectivity index (χ4n) is 2.46. The van der Waals surface area contributed by atoms with Crippen molar-refractivity contribution < 1.29 is 14.0 Å². The molecular formula is C20H23FN2O2. The Morgan fingerprint density at radius 3 is 2.24 bits per heavy atom. The van der Waals surface area contributed by atoms with Crippen LogP contribution in [0.5, 0.6) is 0 Å². The van der Waals surface area contributed by atoms with Crippen molar-refractivity contribution in [2.75, 3.05) is 11.9 Å². The Morgan fingerprint density at radius 2 is 1.64 bits per heavy atom. The van der Waals surface area contributed by atoms with Gasteiger partial charge in [0.2, 0.25) is 11.8 Å². The van der Waals surface area contributed by atoms with E-state index in [4.69, 9.17) is 0 Å². The third-order valence-electron chi connectivity index (χ3n) is 4.11. The summed E-state index contributed by atoms with van der Waals surface area (Å²) in [4.78, 5) is 27.1. The van der Waals surface area contributed by atoms with E-state index in [2.05, 4.69) is 5.32 Å². The van der Waals surface area contributed by atoms with Crippen molar-refractivity contribution in [2.45, 2.75) is 27.3 Å². The molecule has 1 N–H and O–H groups in total. The molecule has 0 saturated carbocycles. The molecule has 0 heterocycles. The number of nitrogens with zero attached hydrogens (tertiary/aromatic N) is 1. The summed E-state index contributed by atoms with van der Waals surface area (Å²) < 4.78 is 13.7. The fraction of sp³-hybridized carbons (Fsp3) is 0.300. The second-order valence-corrected chi connectivity index (χ2v) is 6.36. The van der Waals surface area contributed by atoms with Gasteiger partial charge in [-0.05, 0) is 38.5 Å². The van der Waals surface area contributed by atoms with Crippen molar-refractivity contribution in [1.82, 2.24) is 4.90 Å². The van der Waals surface area contributed by atoms with Crippen LogP contribution in [0.3, 0.4) is 0 Å². The summed E-state index contributed by atoms with van der Waals surface area (Å²) >= 11 is 0. The van der Waals surface area contributed by atoms with Crippen LogP contribution in [0.4, 0.5) is 10.1 Å². The first-order valence-corrected chi connectivity index (χ1v) is 8.25. The number of para-hydroxylation sites is 1. The molecule has 0 bridgehead atoms. The van der Waals surface area contributed by atoms with Crippen molar-refractivity contribution >= 4 is 17.5 Å². The van der Waals surface area contributed by atoms with Crippen LogP contribution in [0.15, 0.2) is 54.6 Å². The van der Waals surface area contributed by atoms with Crippen molar-refractivity contribution in [1.29, 1.82) is 0 Å². The Bertz CT molecular complexity index is 744. The van der Waals surface area contributed by atoms with E-state index < -0.39 is 17.1 Å². The largest absolute Gasteiger partial charge is 0.338 e. The maximum Gasteiger partial charge on any atom is 0.239 e. The van der Waals surface area contributed by atoms with Gasteiger partial charge in [-0.15, -0.1) is 0 Å². The van der Waals surface area contributed by atoms with E-state index in [-0.39, 0.29) is 11.6 Å². The molecule has 4 nitrogen and oxygen atoms in total. The van der Waals surface area contributed by atoms with E-state index in [1.807, 2.05) is 37.3 Å². The molecule has 0 unspecified atom stereocenters. The van der Waals surface area contributed by atoms with Crippen LogP contribution < -0.4 is 5.32 Å². The van der Waals surface area contributed by atoms with Crippen LogP contribution in [0.1, 0.15) is 26.3 Å². The highest BCUT2D eigenvalue weighted by Crippen LogP contribution is 2.24. The zero-order valence-corrected chi connectivity index (χ0v) is 14.8. The van der Waals surface area contributed by atoms with Gasteiger partial charge >= 0.3 is 0 Å². The Hall–Kier alpha value is -2.69. The molecule has 0 atom stereocenters. The first-order chi connectivity index (χ1) is 11.9. The van der Waals surface area contributed by atoms with Crippen molar-refractivity contribution in [3.8, 4) is 0 Å². The van der Waals surface area contributed by atoms with E-state index in [0.29, 0.717) is 13.1 Å². The van der Waals surface area contributed by atoms with Gasteiger partial charge in [0.15, 0.2) is 0 Å². The van der Waals surface area contributed by atoms with Crippen LogP contribution in [-0.2, 0) is 16.1 Å². The third kappa shape index (κ3) is 4.44. The van der Waals surface area contributed by atoms with E-state index in [0.717, 1.165) is 5.56 Å². The summed E-state index contributed by atoms with van der Waals surface area (Å²) in [5.41, 5.74) is -0.255. The molecule has 0 spiro atoms. The lowest BCUT2D eigenvalue weighted by molar-refractivity contribution is -0.146. The smallest absolute Gasteiger partial charge is 0.239 e. The average molecular weight is 342 g/mol. The van der Waals surface area contributed by atoms with Crippen molar-refractivity contribution in [2.24, 2.45) is 5.41 Å². The van der Waals surface area contributed by atoms with Crippen LogP contribution in [0.2, 0.25) is 0 Å². The van der Waals surface area contributed by atoms with Crippen molar-refractivity contribution in [3.05, 3.63) is 66.0 Å². The number of carbonyl (C=O) groups is 2. The lowest BCUT2D eigenvalue weighted by atomic mass is 9.89. The second-order valence-electron chi connectivity index (χ2n) is 6.36. The lowest BCUT2D eigenvalue weighted by Gasteiger charge is -2.30. The highest BCUT2D eigenvalue weighted by molar-refractivity contribution is 6.09. The van der Waals surface area contributed by atoms with Gasteiger partial charge in [-0.3, -0.25) is 9.59 Å². The number of amides is 2. The monoisotopic (exact) mass is 342 g/mol. The van der Waals surface area contributed by atoms with Gasteiger partial charge in [-0.1, -0.05) is 42.5 Å². The predicted octanol–water partition coefficient (Wildman–Crippen LogP) is 3.84. The van der Waals surface area contributed by atoms with Gasteiger partial charge in [0.05, 0.1) is 5.69 Å². The molecule has 2 aromatic rings. The van der Waals surface area contributed by atoms with Gasteiger partial charge in [0.25, 0.3) is 0 Å². The number of hydrogen-bond acceptors (Lipinski definition) is 2. The molecule has 5 heteroatoms. The fourth-order valence-corrected chi connectivity index (χ4v) is 2.46. The van der Waals surface area contributed by atoms with Crippen LogP contribution >= 0.6 is 0 Å². The number of anilines is 1. The summed E-state index contributed by atoms with van der Waals surface area (Å²) in [5.74, 6) is -1.36. The maximum absolute atomic E-state index is 13.7. The van der Waals surface area contributed by atoms with E-state index in [1.54, 1.807) is 30.9 Å². The molecule has 132 valence electrons. The number of rotatable bonds is 6. The summed E-state index contributed by atoms with van der Waals surface area (Å²) in [6, 6.07) is 15.5. The van der Waals surface area contributed by atoms with Gasteiger partial charge < -0.3 is 10.2 Å². The Morgan fingerprint density at radius 1 is 1.04 bits per heavy atom. The van der Waals surface area contributed by atoms with Gasteiger partial charge in [-0.2, -0.15) is 0 Å². The molecular weight excluding hydrogens is 319 g/mol. The number of nitrogens with one attached hydrogen (secondary N) is 1. The van der Waals surface area contributed by atoms with Crippen molar-refractivity contribution in [3.63, 3.8) is 0 Å². The molecule has 2 rings (SSSR count). The molecule has 0 radical (unpaired) electrons. The molecule has 2 aromatic carbocycles. The zero-order valence-electron chi connectivity index (χ0n) is 14.8. The average Bonchev–Trinajstić information content (AvgIpc) is 2.61. The predicted molar refractivity (Wildman–Crippen MR) is 96.3 cm³/mol. The zero-order chi connectivity index (χ0) is 18.4. The first kappa shape index (κ1) is 18.6. The molecule has 0 aliphatic heterocycles. The van der Waals surface area contributed by atoms with Gasteiger partial charge in [0, 0.05) is 13.1 Å². The molecule has 0 aliphatic carbocycles. The molecule has 0 aliphatic rings. The maximum atomic E-state index is 13.7. The third-order valence-corrected chi connectivity index (χ3v) is 4.11. The van der Waals surface area contributed by atoms with E-state index >= 15 is 0 Å². The van der Waals surface area contributed by atoms with Gasteiger partial charge in [0.1, 0.15) is 11.2 Å². The molecule has 0 aromatic heterocycles. The molecule has 2 amide bonds. The second kappa shape index (κ2) is 7.92. The van der Waals surface area contributed by atoms with E-state index in [9.17, 15) is 14.0 Å². The van der Waals surface area contributed by atoms with Crippen LogP contribution in [0.25, 0.3) is 0 Å². The minimum absolute atomic E-state index is 0.0690. The van der Waals surface area contributed by atoms with Crippen LogP contribution in [0, 0.1) is 11.2 Å². The Kier molecular flexibility index (Phi) is 5.91. The van der Waals surface area contributed by atoms with Crippen LogP contribution in [-0.4, -0.2) is 23.3 Å². The molecule has 0 saturated heterocycles. The quantitative estimate of drug-likeness (QED) is 0.811. The number of halogens is 1. The topological polar surface area (TPSA) is 49.4 Å². The van der Waals surface area contributed by atoms with E-state index in [1.165, 1.54) is 12.1 Å². The summed E-state index contributed by atoms with van der Waals surface area (Å²) in [6.45, 7) is 5.88. The highest BCUT2D eigenvalue weighted by Gasteiger charge is 2.39. The number of benzene rings is 2. The summed E-state index contributed by atoms with van der Waals surface area (Å²) in [7, 11) is 0. The SMILES string of the molecule is CCN(Cc1ccccc1)C(=O)C(C)(C)C(=O)Nc1ccccc1F. The minimum atomic E-state index is -1.31. The lowest BCUT2D eigenvalue weighted by Crippen LogP contribution is -2.47. The summed E-state index contributed by atoms with van der Waals surface area (Å²) in [5, 5.41) is 2.51.